The van der Waals surface area contributed by atoms with Crippen molar-refractivity contribution in [1.29, 1.82) is 0 Å². The molecule has 1 aromatic carbocycles. The maximum absolute atomic E-state index is 12.4. The minimum absolute atomic E-state index is 0.200. The number of amides is 1. The number of hydrogen-bond acceptors (Lipinski definition) is 6. The number of anilines is 1. The van der Waals surface area contributed by atoms with Crippen molar-refractivity contribution in [3.8, 4) is 22.8 Å². The first-order valence-corrected chi connectivity index (χ1v) is 9.20. The van der Waals surface area contributed by atoms with Crippen molar-refractivity contribution in [2.75, 3.05) is 37.9 Å². The topological polar surface area (TPSA) is 67.8 Å². The maximum atomic E-state index is 12.4. The Hall–Kier alpha value is -2.83. The lowest BCUT2D eigenvalue weighted by molar-refractivity contribution is -0.139. The monoisotopic (exact) mass is 368 g/mol. The predicted molar refractivity (Wildman–Crippen MR) is 102 cm³/mol. The van der Waals surface area contributed by atoms with Crippen LogP contribution in [0.1, 0.15) is 20.8 Å². The van der Waals surface area contributed by atoms with E-state index in [4.69, 9.17) is 9.47 Å². The van der Waals surface area contributed by atoms with Crippen molar-refractivity contribution in [3.63, 3.8) is 0 Å². The van der Waals surface area contributed by atoms with Crippen LogP contribution in [-0.4, -0.2) is 54.0 Å². The van der Waals surface area contributed by atoms with Gasteiger partial charge in [0.25, 0.3) is 0 Å². The average Bonchev–Trinajstić information content (AvgIpc) is 3.15. The molecule has 0 radical (unpaired) electrons. The van der Waals surface area contributed by atoms with Gasteiger partial charge >= 0.3 is 0 Å². The molecule has 7 heteroatoms. The summed E-state index contributed by atoms with van der Waals surface area (Å²) >= 11 is 0. The van der Waals surface area contributed by atoms with Crippen LogP contribution in [0, 0.1) is 5.41 Å². The van der Waals surface area contributed by atoms with Crippen LogP contribution >= 0.6 is 0 Å². The zero-order valence-electron chi connectivity index (χ0n) is 15.9. The Morgan fingerprint density at radius 3 is 2.37 bits per heavy atom. The van der Waals surface area contributed by atoms with Crippen LogP contribution in [0.4, 0.5) is 5.82 Å². The van der Waals surface area contributed by atoms with Crippen molar-refractivity contribution >= 4 is 11.7 Å². The summed E-state index contributed by atoms with van der Waals surface area (Å²) in [4.78, 5) is 16.5. The SMILES string of the molecule is CC(C)(C)C(=O)N1CCN(c2ccc(-c3ccc4c(c3)OCO4)nn2)CC1. The third-order valence-electron chi connectivity index (χ3n) is 4.85. The van der Waals surface area contributed by atoms with E-state index in [1.165, 1.54) is 0 Å². The number of piperazine rings is 1. The van der Waals surface area contributed by atoms with E-state index in [-0.39, 0.29) is 18.1 Å². The molecule has 27 heavy (non-hydrogen) atoms. The second kappa shape index (κ2) is 6.72. The Morgan fingerprint density at radius 2 is 1.70 bits per heavy atom. The summed E-state index contributed by atoms with van der Waals surface area (Å²) in [6.07, 6.45) is 0. The second-order valence-electron chi connectivity index (χ2n) is 7.87. The van der Waals surface area contributed by atoms with Gasteiger partial charge in [-0.3, -0.25) is 4.79 Å². The third-order valence-corrected chi connectivity index (χ3v) is 4.85. The largest absolute Gasteiger partial charge is 0.454 e. The number of carbonyl (C=O) groups excluding carboxylic acids is 1. The summed E-state index contributed by atoms with van der Waals surface area (Å²) in [6.45, 7) is 9.09. The molecule has 0 aliphatic carbocycles. The van der Waals surface area contributed by atoms with Gasteiger partial charge < -0.3 is 19.3 Å². The van der Waals surface area contributed by atoms with E-state index < -0.39 is 0 Å². The Kier molecular flexibility index (Phi) is 4.37. The van der Waals surface area contributed by atoms with Gasteiger partial charge in [-0.2, -0.15) is 0 Å². The standard InChI is InChI=1S/C20H24N4O3/c1-20(2,3)19(25)24-10-8-23(9-11-24)18-7-5-15(21-22-18)14-4-6-16-17(12-14)27-13-26-16/h4-7,12H,8-11,13H2,1-3H3. The van der Waals surface area contributed by atoms with E-state index in [2.05, 4.69) is 15.1 Å². The molecule has 4 rings (SSSR count). The lowest BCUT2D eigenvalue weighted by atomic mass is 9.94. The van der Waals surface area contributed by atoms with Crippen LogP contribution in [-0.2, 0) is 4.79 Å². The number of ether oxygens (including phenoxy) is 2. The fourth-order valence-corrected chi connectivity index (χ4v) is 3.32. The van der Waals surface area contributed by atoms with Gasteiger partial charge in [-0.1, -0.05) is 20.8 Å². The predicted octanol–water partition coefficient (Wildman–Crippen LogP) is 2.57. The van der Waals surface area contributed by atoms with Crippen molar-refractivity contribution in [1.82, 2.24) is 15.1 Å². The van der Waals surface area contributed by atoms with Crippen molar-refractivity contribution in [3.05, 3.63) is 30.3 Å². The molecule has 0 N–H and O–H groups in total. The van der Waals surface area contributed by atoms with Gasteiger partial charge in [0, 0.05) is 37.2 Å². The van der Waals surface area contributed by atoms with E-state index in [0.717, 1.165) is 41.7 Å². The quantitative estimate of drug-likeness (QED) is 0.812. The second-order valence-corrected chi connectivity index (χ2v) is 7.87. The molecule has 1 amide bonds. The third kappa shape index (κ3) is 3.54. The van der Waals surface area contributed by atoms with E-state index in [0.29, 0.717) is 13.1 Å². The molecule has 2 aromatic rings. The highest BCUT2D eigenvalue weighted by molar-refractivity contribution is 5.81. The summed E-state index contributed by atoms with van der Waals surface area (Å²) in [5.41, 5.74) is 1.39. The summed E-state index contributed by atoms with van der Waals surface area (Å²) < 4.78 is 10.8. The molecule has 142 valence electrons. The van der Waals surface area contributed by atoms with Crippen LogP contribution in [0.15, 0.2) is 30.3 Å². The van der Waals surface area contributed by atoms with Gasteiger partial charge in [0.1, 0.15) is 0 Å². The Bertz CT molecular complexity index is 837. The van der Waals surface area contributed by atoms with Gasteiger partial charge in [0.05, 0.1) is 5.69 Å². The Morgan fingerprint density at radius 1 is 0.963 bits per heavy atom. The highest BCUT2D eigenvalue weighted by Crippen LogP contribution is 2.35. The first-order chi connectivity index (χ1) is 12.9. The molecule has 1 aromatic heterocycles. The van der Waals surface area contributed by atoms with Crippen LogP contribution in [0.2, 0.25) is 0 Å². The molecule has 0 bridgehead atoms. The van der Waals surface area contributed by atoms with Gasteiger partial charge in [-0.15, -0.1) is 10.2 Å². The molecule has 1 saturated heterocycles. The minimum Gasteiger partial charge on any atom is -0.454 e. The molecule has 3 heterocycles. The molecule has 1 fully saturated rings. The zero-order valence-corrected chi connectivity index (χ0v) is 15.9. The lowest BCUT2D eigenvalue weighted by Crippen LogP contribution is -2.51. The zero-order chi connectivity index (χ0) is 19.0. The molecule has 0 spiro atoms. The normalized spacial score (nSPS) is 16.6. The minimum atomic E-state index is -0.339. The van der Waals surface area contributed by atoms with Crippen LogP contribution in [0.25, 0.3) is 11.3 Å². The van der Waals surface area contributed by atoms with Gasteiger partial charge in [-0.05, 0) is 30.3 Å². The van der Waals surface area contributed by atoms with E-state index >= 15 is 0 Å². The molecule has 2 aliphatic rings. The molecule has 0 unspecified atom stereocenters. The smallest absolute Gasteiger partial charge is 0.231 e. The number of benzene rings is 1. The average molecular weight is 368 g/mol. The van der Waals surface area contributed by atoms with E-state index in [1.54, 1.807) is 0 Å². The van der Waals surface area contributed by atoms with Crippen molar-refractivity contribution < 1.29 is 14.3 Å². The van der Waals surface area contributed by atoms with Gasteiger partial charge in [0.2, 0.25) is 12.7 Å². The number of aromatic nitrogens is 2. The number of rotatable bonds is 2. The van der Waals surface area contributed by atoms with E-state index in [1.807, 2.05) is 56.0 Å². The summed E-state index contributed by atoms with van der Waals surface area (Å²) in [6, 6.07) is 9.70. The molecule has 2 aliphatic heterocycles. The number of hydrogen-bond donors (Lipinski definition) is 0. The van der Waals surface area contributed by atoms with Crippen molar-refractivity contribution in [2.24, 2.45) is 5.41 Å². The maximum Gasteiger partial charge on any atom is 0.231 e. The highest BCUT2D eigenvalue weighted by atomic mass is 16.7. The molecule has 7 nitrogen and oxygen atoms in total. The number of carbonyl (C=O) groups is 1. The van der Waals surface area contributed by atoms with E-state index in [9.17, 15) is 4.79 Å². The lowest BCUT2D eigenvalue weighted by Gasteiger charge is -2.38. The van der Waals surface area contributed by atoms with Crippen LogP contribution in [0.5, 0.6) is 11.5 Å². The van der Waals surface area contributed by atoms with Gasteiger partial charge in [0.15, 0.2) is 17.3 Å². The first-order valence-electron chi connectivity index (χ1n) is 9.20. The Labute approximate surface area is 158 Å². The first kappa shape index (κ1) is 17.6. The number of nitrogens with zero attached hydrogens (tertiary/aromatic N) is 4. The highest BCUT2D eigenvalue weighted by Gasteiger charge is 2.30. The summed E-state index contributed by atoms with van der Waals surface area (Å²) in [7, 11) is 0. The Balaban J connectivity index is 1.42. The van der Waals surface area contributed by atoms with Crippen LogP contribution < -0.4 is 14.4 Å². The van der Waals surface area contributed by atoms with Crippen LogP contribution in [0.3, 0.4) is 0 Å². The summed E-state index contributed by atoms with van der Waals surface area (Å²) in [5.74, 6) is 2.53. The summed E-state index contributed by atoms with van der Waals surface area (Å²) in [5, 5.41) is 8.77. The van der Waals surface area contributed by atoms with Gasteiger partial charge in [-0.25, -0.2) is 0 Å². The molecular weight excluding hydrogens is 344 g/mol. The molecule has 0 atom stereocenters. The molecular formula is C20H24N4O3. The van der Waals surface area contributed by atoms with Crippen molar-refractivity contribution in [2.45, 2.75) is 20.8 Å². The number of fused-ring (bicyclic) bond motifs is 1. The fourth-order valence-electron chi connectivity index (χ4n) is 3.32. The molecule has 0 saturated carbocycles. The fraction of sp³-hybridized carbons (Fsp3) is 0.450.